The van der Waals surface area contributed by atoms with Gasteiger partial charge in [-0.1, -0.05) is 30.3 Å². The lowest BCUT2D eigenvalue weighted by atomic mass is 10.0. The lowest BCUT2D eigenvalue weighted by molar-refractivity contribution is 1.68. The van der Waals surface area contributed by atoms with Gasteiger partial charge in [-0.3, -0.25) is 0 Å². The lowest BCUT2D eigenvalue weighted by Gasteiger charge is -1.99. The third-order valence-corrected chi connectivity index (χ3v) is 3.28. The summed E-state index contributed by atoms with van der Waals surface area (Å²) < 4.78 is 0. The third kappa shape index (κ3) is 0.849. The summed E-state index contributed by atoms with van der Waals surface area (Å²) in [6.07, 6.45) is 0. The Kier molecular flexibility index (Phi) is 1.39. The van der Waals surface area contributed by atoms with Crippen LogP contribution in [0.5, 0.6) is 0 Å². The molecule has 0 heterocycles. The first-order valence-electron chi connectivity index (χ1n) is 5.39. The molecule has 1 aliphatic rings. The molecule has 0 saturated heterocycles. The predicted molar refractivity (Wildman–Crippen MR) is 66.1 cm³/mol. The molecule has 0 amide bonds. The molecule has 0 spiro atoms. The minimum absolute atomic E-state index is 1.27. The van der Waals surface area contributed by atoms with E-state index >= 15 is 0 Å². The van der Waals surface area contributed by atoms with Crippen LogP contribution in [0.3, 0.4) is 0 Å². The van der Waals surface area contributed by atoms with Gasteiger partial charge in [0.2, 0.25) is 0 Å². The van der Waals surface area contributed by atoms with Gasteiger partial charge in [-0.2, -0.15) is 0 Å². The molecule has 1 aliphatic carbocycles. The molecule has 0 unspecified atom stereocenters. The smallest absolute Gasteiger partial charge is 0.00259 e. The van der Waals surface area contributed by atoms with Crippen molar-refractivity contribution < 1.29 is 0 Å². The minimum Gasteiger partial charge on any atom is -0.0610 e. The van der Waals surface area contributed by atoms with Gasteiger partial charge in [0.15, 0.2) is 0 Å². The van der Waals surface area contributed by atoms with Crippen molar-refractivity contribution in [3.63, 3.8) is 0 Å². The van der Waals surface area contributed by atoms with Crippen molar-refractivity contribution in [3.8, 4) is 22.3 Å². The van der Waals surface area contributed by atoms with Crippen LogP contribution >= 0.6 is 0 Å². The molecule has 0 aromatic heterocycles. The topological polar surface area (TPSA) is 0 Å². The molecule has 72 valence electrons. The summed E-state index contributed by atoms with van der Waals surface area (Å²) in [5.74, 6) is 0. The van der Waals surface area contributed by atoms with Gasteiger partial charge in [-0.05, 0) is 63.4 Å². The fraction of sp³-hybridized carbons (Fsp3) is 0. The van der Waals surface area contributed by atoms with Gasteiger partial charge in [-0.15, -0.1) is 0 Å². The summed E-state index contributed by atoms with van der Waals surface area (Å²) in [6.45, 7) is 0. The SMILES string of the molecule is [c]1ccc2c(c1)-c1cccc3c[c]cc-2c13. The third-order valence-electron chi connectivity index (χ3n) is 3.28. The van der Waals surface area contributed by atoms with E-state index in [9.17, 15) is 0 Å². The second-order valence-electron chi connectivity index (χ2n) is 4.11. The zero-order valence-corrected chi connectivity index (χ0v) is 8.62. The molecule has 2 radical (unpaired) electrons. The maximum absolute atomic E-state index is 3.22. The van der Waals surface area contributed by atoms with Gasteiger partial charge in [0.1, 0.15) is 0 Å². The normalized spacial score (nSPS) is 11.8. The summed E-state index contributed by atoms with van der Waals surface area (Å²) in [4.78, 5) is 0. The fourth-order valence-corrected chi connectivity index (χ4v) is 2.60. The molecule has 0 aliphatic heterocycles. The summed E-state index contributed by atoms with van der Waals surface area (Å²) >= 11 is 0. The van der Waals surface area contributed by atoms with E-state index in [1.54, 1.807) is 0 Å². The molecule has 0 heteroatoms. The van der Waals surface area contributed by atoms with Crippen molar-refractivity contribution in [1.82, 2.24) is 0 Å². The summed E-state index contributed by atoms with van der Waals surface area (Å²) in [6, 6.07) is 23.1. The second-order valence-corrected chi connectivity index (χ2v) is 4.11. The molecule has 0 nitrogen and oxygen atoms in total. The van der Waals surface area contributed by atoms with Crippen LogP contribution in [-0.2, 0) is 0 Å². The van der Waals surface area contributed by atoms with Crippen LogP contribution < -0.4 is 0 Å². The summed E-state index contributed by atoms with van der Waals surface area (Å²) in [7, 11) is 0. The molecule has 3 aromatic carbocycles. The number of hydrogen-bond acceptors (Lipinski definition) is 0. The van der Waals surface area contributed by atoms with Crippen LogP contribution in [0.15, 0.2) is 48.5 Å². The Labute approximate surface area is 94.2 Å². The Morgan fingerprint density at radius 3 is 2.62 bits per heavy atom. The highest BCUT2D eigenvalue weighted by Gasteiger charge is 2.19. The van der Waals surface area contributed by atoms with E-state index in [1.807, 2.05) is 6.07 Å². The van der Waals surface area contributed by atoms with E-state index in [1.165, 1.54) is 33.0 Å². The van der Waals surface area contributed by atoms with E-state index in [-0.39, 0.29) is 0 Å². The molecule has 16 heavy (non-hydrogen) atoms. The fourth-order valence-electron chi connectivity index (χ4n) is 2.60. The van der Waals surface area contributed by atoms with Crippen molar-refractivity contribution in [1.29, 1.82) is 0 Å². The number of hydrogen-bond donors (Lipinski definition) is 0. The average Bonchev–Trinajstić information content (AvgIpc) is 2.68. The Morgan fingerprint density at radius 2 is 1.62 bits per heavy atom. The van der Waals surface area contributed by atoms with Crippen molar-refractivity contribution in [2.45, 2.75) is 0 Å². The predicted octanol–water partition coefficient (Wildman–Crippen LogP) is 4.09. The van der Waals surface area contributed by atoms with E-state index in [0.29, 0.717) is 0 Å². The number of benzene rings is 3. The Hall–Kier alpha value is -2.08. The van der Waals surface area contributed by atoms with Crippen molar-refractivity contribution in [2.75, 3.05) is 0 Å². The van der Waals surface area contributed by atoms with E-state index < -0.39 is 0 Å². The van der Waals surface area contributed by atoms with Gasteiger partial charge in [0.25, 0.3) is 0 Å². The first kappa shape index (κ1) is 8.12. The largest absolute Gasteiger partial charge is 0.0610 e. The number of fused-ring (bicyclic) bond motifs is 3. The first-order valence-corrected chi connectivity index (χ1v) is 5.39. The maximum Gasteiger partial charge on any atom is -0.00259 e. The summed E-state index contributed by atoms with van der Waals surface area (Å²) in [5.41, 5.74) is 5.23. The van der Waals surface area contributed by atoms with Gasteiger partial charge >= 0.3 is 0 Å². The highest BCUT2D eigenvalue weighted by atomic mass is 14.2. The second kappa shape index (κ2) is 2.73. The van der Waals surface area contributed by atoms with E-state index in [2.05, 4.69) is 54.6 Å². The van der Waals surface area contributed by atoms with Gasteiger partial charge in [0, 0.05) is 0 Å². The average molecular weight is 200 g/mol. The molecule has 0 fully saturated rings. The molecule has 0 bridgehead atoms. The highest BCUT2D eigenvalue weighted by Crippen LogP contribution is 2.46. The van der Waals surface area contributed by atoms with Crippen LogP contribution in [0.25, 0.3) is 33.0 Å². The maximum atomic E-state index is 3.22. The van der Waals surface area contributed by atoms with Crippen molar-refractivity contribution >= 4 is 10.8 Å². The van der Waals surface area contributed by atoms with E-state index in [4.69, 9.17) is 0 Å². The molecule has 0 atom stereocenters. The van der Waals surface area contributed by atoms with Crippen LogP contribution in [-0.4, -0.2) is 0 Å². The van der Waals surface area contributed by atoms with Gasteiger partial charge < -0.3 is 0 Å². The zero-order valence-electron chi connectivity index (χ0n) is 8.62. The Morgan fingerprint density at radius 1 is 0.688 bits per heavy atom. The molecule has 0 N–H and O–H groups in total. The first-order chi connectivity index (χ1) is 7.95. The molecule has 3 aromatic rings. The van der Waals surface area contributed by atoms with E-state index in [0.717, 1.165) is 0 Å². The lowest BCUT2D eigenvalue weighted by Crippen LogP contribution is -1.74. The van der Waals surface area contributed by atoms with Crippen molar-refractivity contribution in [3.05, 3.63) is 60.7 Å². The van der Waals surface area contributed by atoms with Crippen LogP contribution in [0, 0.1) is 12.1 Å². The van der Waals surface area contributed by atoms with Crippen LogP contribution in [0.2, 0.25) is 0 Å². The van der Waals surface area contributed by atoms with Crippen LogP contribution in [0.1, 0.15) is 0 Å². The highest BCUT2D eigenvalue weighted by molar-refractivity contribution is 6.14. The zero-order chi connectivity index (χ0) is 10.5. The van der Waals surface area contributed by atoms with Crippen LogP contribution in [0.4, 0.5) is 0 Å². The summed E-state index contributed by atoms with van der Waals surface area (Å²) in [5, 5.41) is 2.63. The van der Waals surface area contributed by atoms with Crippen molar-refractivity contribution in [2.24, 2.45) is 0 Å². The van der Waals surface area contributed by atoms with Gasteiger partial charge in [-0.25, -0.2) is 0 Å². The Bertz CT molecular complexity index is 650. The molecule has 4 rings (SSSR count). The molecule has 0 saturated carbocycles. The monoisotopic (exact) mass is 200 g/mol. The van der Waals surface area contributed by atoms with Gasteiger partial charge in [0.05, 0.1) is 0 Å². The number of rotatable bonds is 0. The quantitative estimate of drug-likeness (QED) is 0.401. The standard InChI is InChI=1S/C16H8/c1-2-8-13-12(7-1)14-9-3-5-11-6-4-10-15(13)16(11)14/h1,4-10H. The molecular formula is C16H8. The molecular weight excluding hydrogens is 192 g/mol. The minimum atomic E-state index is 1.27. The Balaban J connectivity index is 2.31.